The number of hydrogen-bond donors (Lipinski definition) is 3. The van der Waals surface area contributed by atoms with Crippen LogP contribution in [-0.4, -0.2) is 62.3 Å². The molecule has 3 aromatic carbocycles. The molecule has 43 heavy (non-hydrogen) atoms. The third-order valence-electron chi connectivity index (χ3n) is 7.29. The topological polar surface area (TPSA) is 150 Å². The van der Waals surface area contributed by atoms with Gasteiger partial charge in [0.05, 0.1) is 6.04 Å². The summed E-state index contributed by atoms with van der Waals surface area (Å²) in [4.78, 5) is 37.3. The van der Waals surface area contributed by atoms with Gasteiger partial charge >= 0.3 is 0 Å². The zero-order valence-electron chi connectivity index (χ0n) is 23.2. The van der Waals surface area contributed by atoms with Crippen molar-refractivity contribution in [1.82, 2.24) is 30.9 Å². The molecule has 0 radical (unpaired) electrons. The highest BCUT2D eigenvalue weighted by molar-refractivity contribution is 7.14. The van der Waals surface area contributed by atoms with Gasteiger partial charge in [0.15, 0.2) is 10.8 Å². The first-order valence-electron chi connectivity index (χ1n) is 13.4. The Morgan fingerprint density at radius 1 is 0.977 bits per heavy atom. The number of hydrogen-bond acceptors (Lipinski definition) is 10. The minimum Gasteiger partial charge on any atom is -0.398 e. The first-order valence-corrected chi connectivity index (χ1v) is 14.3. The van der Waals surface area contributed by atoms with Crippen LogP contribution in [-0.2, 0) is 20.0 Å². The fraction of sp³-hybridized carbons (Fsp3) is 0.167. The predicted molar refractivity (Wildman–Crippen MR) is 162 cm³/mol. The summed E-state index contributed by atoms with van der Waals surface area (Å²) in [5.74, 6) is -0.821. The van der Waals surface area contributed by atoms with Crippen molar-refractivity contribution < 1.29 is 14.4 Å². The van der Waals surface area contributed by atoms with Crippen LogP contribution < -0.4 is 15.5 Å². The summed E-state index contributed by atoms with van der Waals surface area (Å²) in [5.41, 5.74) is 2.47. The fourth-order valence-corrected chi connectivity index (χ4v) is 5.98. The van der Waals surface area contributed by atoms with E-state index in [9.17, 15) is 9.59 Å². The fourth-order valence-electron chi connectivity index (χ4n) is 5.23. The van der Waals surface area contributed by atoms with Crippen molar-refractivity contribution in [3.63, 3.8) is 0 Å². The quantitative estimate of drug-likeness (QED) is 0.0966. The molecule has 2 amide bonds. The molecule has 3 heterocycles. The monoisotopic (exact) mass is 593 g/mol. The lowest BCUT2D eigenvalue weighted by atomic mass is 9.77. The first-order chi connectivity index (χ1) is 21.0. The minimum atomic E-state index is -0.800. The average molecular weight is 594 g/mol. The third-order valence-corrected chi connectivity index (χ3v) is 8.05. The SMILES string of the molecule is CON=C(C(=O)NC1C(=O)N(c2nn[nH]n2)C1C)c1csc(NC(c2ccccc2)(c2ccccc2)c2ccccc2)n1. The van der Waals surface area contributed by atoms with E-state index in [1.54, 1.807) is 12.3 Å². The first kappa shape index (κ1) is 27.7. The average Bonchev–Trinajstić information content (AvgIpc) is 3.75. The van der Waals surface area contributed by atoms with Crippen LogP contribution in [0.3, 0.4) is 0 Å². The standard InChI is InChI=1S/C30H27N9O3S/c1-19-24(27(41)39(19)28-34-37-38-35-28)32-26(40)25(36-42-2)23-18-43-29(31-23)33-30(20-12-6-3-7-13-20,21-14-8-4-9-15-21)22-16-10-5-11-17-22/h3-19,24H,1-2H3,(H,31,33)(H,32,40)(H,34,35,37,38). The summed E-state index contributed by atoms with van der Waals surface area (Å²) >= 11 is 1.33. The number of amides is 2. The summed E-state index contributed by atoms with van der Waals surface area (Å²) in [7, 11) is 1.35. The number of tetrazole rings is 1. The molecule has 5 aromatic rings. The Bertz CT molecular complexity index is 1630. The number of anilines is 2. The van der Waals surface area contributed by atoms with E-state index in [0.29, 0.717) is 10.8 Å². The van der Waals surface area contributed by atoms with E-state index in [1.165, 1.54) is 23.3 Å². The van der Waals surface area contributed by atoms with Gasteiger partial charge in [-0.1, -0.05) is 101 Å². The van der Waals surface area contributed by atoms with Gasteiger partial charge in [-0.3, -0.25) is 14.5 Å². The van der Waals surface area contributed by atoms with Crippen molar-refractivity contribution in [3.8, 4) is 0 Å². The largest absolute Gasteiger partial charge is 0.398 e. The molecule has 13 heteroatoms. The molecule has 2 unspecified atom stereocenters. The Morgan fingerprint density at radius 2 is 1.56 bits per heavy atom. The van der Waals surface area contributed by atoms with Crippen LogP contribution in [0.1, 0.15) is 29.3 Å². The third kappa shape index (κ3) is 5.10. The second-order valence-electron chi connectivity index (χ2n) is 9.75. The molecule has 1 saturated heterocycles. The van der Waals surface area contributed by atoms with Crippen LogP contribution in [0.4, 0.5) is 11.1 Å². The van der Waals surface area contributed by atoms with E-state index in [-0.39, 0.29) is 17.6 Å². The number of H-pyrrole nitrogens is 1. The zero-order chi connectivity index (χ0) is 29.8. The van der Waals surface area contributed by atoms with E-state index >= 15 is 0 Å². The summed E-state index contributed by atoms with van der Waals surface area (Å²) in [6, 6.07) is 29.2. The van der Waals surface area contributed by atoms with Gasteiger partial charge in [-0.2, -0.15) is 5.21 Å². The molecule has 0 aliphatic carbocycles. The van der Waals surface area contributed by atoms with Gasteiger partial charge < -0.3 is 15.5 Å². The van der Waals surface area contributed by atoms with Crippen LogP contribution in [0, 0.1) is 0 Å². The van der Waals surface area contributed by atoms with Gasteiger partial charge in [-0.15, -0.1) is 16.4 Å². The summed E-state index contributed by atoms with van der Waals surface area (Å²) in [6.07, 6.45) is 0. The van der Waals surface area contributed by atoms with Crippen molar-refractivity contribution in [3.05, 3.63) is 119 Å². The lowest BCUT2D eigenvalue weighted by Crippen LogP contribution is -2.70. The molecule has 1 aliphatic heterocycles. The van der Waals surface area contributed by atoms with Gasteiger partial charge in [0.25, 0.3) is 17.8 Å². The van der Waals surface area contributed by atoms with Crippen LogP contribution in [0.2, 0.25) is 0 Å². The maximum absolute atomic E-state index is 13.4. The molecule has 12 nitrogen and oxygen atoms in total. The summed E-state index contributed by atoms with van der Waals surface area (Å²) < 4.78 is 0. The summed E-state index contributed by atoms with van der Waals surface area (Å²) in [6.45, 7) is 1.77. The Hall–Kier alpha value is -5.43. The van der Waals surface area contributed by atoms with Gasteiger partial charge in [0.1, 0.15) is 24.4 Å². The normalized spacial score (nSPS) is 16.8. The number of β-lactam (4-membered cyclic amide) rings is 1. The van der Waals surface area contributed by atoms with Gasteiger partial charge in [0.2, 0.25) is 0 Å². The molecule has 3 N–H and O–H groups in total. The molecular weight excluding hydrogens is 566 g/mol. The number of benzene rings is 3. The number of thiazole rings is 1. The van der Waals surface area contributed by atoms with E-state index < -0.39 is 23.5 Å². The lowest BCUT2D eigenvalue weighted by molar-refractivity contribution is -0.130. The van der Waals surface area contributed by atoms with Crippen LogP contribution >= 0.6 is 11.3 Å². The Morgan fingerprint density at radius 3 is 2.05 bits per heavy atom. The molecule has 6 rings (SSSR count). The van der Waals surface area contributed by atoms with E-state index in [0.717, 1.165) is 16.7 Å². The number of oxime groups is 1. The molecule has 0 spiro atoms. The second kappa shape index (κ2) is 11.8. The molecule has 2 atom stereocenters. The van der Waals surface area contributed by atoms with E-state index in [1.807, 2.05) is 54.6 Å². The Kier molecular flexibility index (Phi) is 7.62. The molecule has 2 aromatic heterocycles. The highest BCUT2D eigenvalue weighted by Gasteiger charge is 2.48. The number of rotatable bonds is 10. The van der Waals surface area contributed by atoms with E-state index in [4.69, 9.17) is 9.82 Å². The maximum Gasteiger partial charge on any atom is 0.276 e. The highest BCUT2D eigenvalue weighted by Crippen LogP contribution is 2.40. The smallest absolute Gasteiger partial charge is 0.276 e. The maximum atomic E-state index is 13.4. The zero-order valence-corrected chi connectivity index (χ0v) is 24.0. The van der Waals surface area contributed by atoms with Crippen molar-refractivity contribution in [2.24, 2.45) is 5.16 Å². The summed E-state index contributed by atoms with van der Waals surface area (Å²) in [5, 5.41) is 26.2. The molecule has 0 saturated carbocycles. The van der Waals surface area contributed by atoms with Crippen molar-refractivity contribution in [1.29, 1.82) is 0 Å². The molecule has 1 aliphatic rings. The van der Waals surface area contributed by atoms with Crippen molar-refractivity contribution in [2.45, 2.75) is 24.5 Å². The number of nitrogens with zero attached hydrogens (tertiary/aromatic N) is 6. The van der Waals surface area contributed by atoms with Crippen LogP contribution in [0.25, 0.3) is 0 Å². The molecule has 1 fully saturated rings. The van der Waals surface area contributed by atoms with Crippen LogP contribution in [0.15, 0.2) is 102 Å². The van der Waals surface area contributed by atoms with Crippen molar-refractivity contribution in [2.75, 3.05) is 17.3 Å². The Balaban J connectivity index is 1.31. The molecular formula is C30H27N9O3S. The van der Waals surface area contributed by atoms with Crippen LogP contribution in [0.5, 0.6) is 0 Å². The lowest BCUT2D eigenvalue weighted by Gasteiger charge is -2.42. The highest BCUT2D eigenvalue weighted by atomic mass is 32.1. The number of aromatic amines is 1. The Labute approximate surface area is 250 Å². The number of carbonyl (C=O) groups excluding carboxylic acids is 2. The van der Waals surface area contributed by atoms with Gasteiger partial charge in [0, 0.05) is 5.38 Å². The van der Waals surface area contributed by atoms with E-state index in [2.05, 4.69) is 72.8 Å². The van der Waals surface area contributed by atoms with Crippen molar-refractivity contribution >= 4 is 39.9 Å². The number of aromatic nitrogens is 5. The minimum absolute atomic E-state index is 0.0606. The molecule has 216 valence electrons. The van der Waals surface area contributed by atoms with Gasteiger partial charge in [-0.25, -0.2) is 4.98 Å². The van der Waals surface area contributed by atoms with Gasteiger partial charge in [-0.05, 0) is 28.8 Å². The second-order valence-corrected chi connectivity index (χ2v) is 10.6. The predicted octanol–water partition coefficient (Wildman–Crippen LogP) is 3.33. The number of nitrogens with one attached hydrogen (secondary N) is 3. The molecule has 0 bridgehead atoms. The number of carbonyl (C=O) groups is 2.